The maximum absolute atomic E-state index is 13.2. The molecule has 160 valence electrons. The van der Waals surface area contributed by atoms with Gasteiger partial charge in [0.15, 0.2) is 0 Å². The second kappa shape index (κ2) is 7.58. The molecule has 2 atom stereocenters. The van der Waals surface area contributed by atoms with Crippen molar-refractivity contribution >= 4 is 20.9 Å². The molecule has 0 amide bonds. The first kappa shape index (κ1) is 19.9. The van der Waals surface area contributed by atoms with Gasteiger partial charge in [0.2, 0.25) is 10.0 Å². The molecule has 1 N–H and O–H groups in total. The van der Waals surface area contributed by atoms with E-state index in [4.69, 9.17) is 0 Å². The molecule has 1 saturated heterocycles. The monoisotopic (exact) mass is 439 g/mol. The van der Waals surface area contributed by atoms with Gasteiger partial charge in [-0.3, -0.25) is 9.78 Å². The van der Waals surface area contributed by atoms with E-state index in [9.17, 15) is 12.8 Å². The first-order valence-electron chi connectivity index (χ1n) is 10.1. The van der Waals surface area contributed by atoms with E-state index in [1.807, 2.05) is 36.1 Å². The Bertz CT molecular complexity index is 1320. The fraction of sp³-hybridized carbons (Fsp3) is 0.273. The molecule has 31 heavy (non-hydrogen) atoms. The number of benzene rings is 2. The summed E-state index contributed by atoms with van der Waals surface area (Å²) in [6, 6.07) is 11.0. The van der Waals surface area contributed by atoms with Gasteiger partial charge in [-0.1, -0.05) is 6.07 Å². The quantitative estimate of drug-likeness (QED) is 0.514. The number of halogens is 1. The summed E-state index contributed by atoms with van der Waals surface area (Å²) in [6.07, 6.45) is 6.21. The number of nitrogens with zero attached hydrogens (tertiary/aromatic N) is 4. The highest BCUT2D eigenvalue weighted by molar-refractivity contribution is 7.89. The second-order valence-corrected chi connectivity index (χ2v) is 9.96. The molecule has 2 aromatic heterocycles. The molecule has 2 aromatic carbocycles. The lowest BCUT2D eigenvalue weighted by Gasteiger charge is -2.21. The summed E-state index contributed by atoms with van der Waals surface area (Å²) in [4.78, 5) is 0.123. The van der Waals surface area contributed by atoms with E-state index in [0.29, 0.717) is 13.1 Å². The Labute approximate surface area is 179 Å². The molecular formula is C22H22FN5O2S. The molecule has 0 bridgehead atoms. The predicted octanol–water partition coefficient (Wildman–Crippen LogP) is 3.66. The Balaban J connectivity index is 1.35. The van der Waals surface area contributed by atoms with Gasteiger partial charge in [-0.15, -0.1) is 0 Å². The van der Waals surface area contributed by atoms with E-state index in [2.05, 4.69) is 21.4 Å². The molecule has 5 rings (SSSR count). The summed E-state index contributed by atoms with van der Waals surface area (Å²) in [5.74, 6) is -0.311. The van der Waals surface area contributed by atoms with Crippen LogP contribution in [0.5, 0.6) is 0 Å². The van der Waals surface area contributed by atoms with E-state index < -0.39 is 15.8 Å². The summed E-state index contributed by atoms with van der Waals surface area (Å²) in [5, 5.41) is 12.4. The predicted molar refractivity (Wildman–Crippen MR) is 115 cm³/mol. The summed E-state index contributed by atoms with van der Waals surface area (Å²) in [5.41, 5.74) is 3.09. The van der Waals surface area contributed by atoms with Crippen LogP contribution >= 0.6 is 0 Å². The summed E-state index contributed by atoms with van der Waals surface area (Å²) >= 11 is 0. The average Bonchev–Trinajstić information content (AvgIpc) is 3.49. The van der Waals surface area contributed by atoms with E-state index in [1.165, 1.54) is 28.6 Å². The zero-order valence-electron chi connectivity index (χ0n) is 16.9. The van der Waals surface area contributed by atoms with Crippen LogP contribution in [0.1, 0.15) is 13.3 Å². The van der Waals surface area contributed by atoms with Gasteiger partial charge in [-0.2, -0.15) is 14.5 Å². The Morgan fingerprint density at radius 3 is 2.68 bits per heavy atom. The molecule has 0 unspecified atom stereocenters. The number of H-pyrrole nitrogens is 1. The maximum atomic E-state index is 13.2. The van der Waals surface area contributed by atoms with E-state index >= 15 is 0 Å². The highest BCUT2D eigenvalue weighted by Gasteiger charge is 2.38. The van der Waals surface area contributed by atoms with Crippen LogP contribution in [0.4, 0.5) is 4.39 Å². The number of hydrogen-bond donors (Lipinski definition) is 1. The first-order chi connectivity index (χ1) is 14.9. The summed E-state index contributed by atoms with van der Waals surface area (Å²) in [7, 11) is -3.66. The fourth-order valence-electron chi connectivity index (χ4n) is 4.38. The Morgan fingerprint density at radius 2 is 1.94 bits per heavy atom. The van der Waals surface area contributed by atoms with Crippen LogP contribution < -0.4 is 0 Å². The molecular weight excluding hydrogens is 417 g/mol. The Morgan fingerprint density at radius 1 is 1.13 bits per heavy atom. The third-order valence-corrected chi connectivity index (χ3v) is 7.92. The number of aromatic amines is 1. The van der Waals surface area contributed by atoms with Crippen molar-refractivity contribution in [3.05, 3.63) is 66.9 Å². The molecule has 0 radical (unpaired) electrons. The molecule has 1 aliphatic rings. The smallest absolute Gasteiger partial charge is 0.243 e. The lowest BCUT2D eigenvalue weighted by atomic mass is 10.1. The molecule has 9 heteroatoms. The fourth-order valence-corrected chi connectivity index (χ4v) is 6.10. The van der Waals surface area contributed by atoms with Gasteiger partial charge >= 0.3 is 0 Å². The van der Waals surface area contributed by atoms with Crippen LogP contribution in [0, 0.1) is 11.7 Å². The third-order valence-electron chi connectivity index (χ3n) is 5.93. The minimum Gasteiger partial charge on any atom is -0.285 e. The van der Waals surface area contributed by atoms with Crippen molar-refractivity contribution in [3.63, 3.8) is 0 Å². The van der Waals surface area contributed by atoms with Crippen molar-refractivity contribution in [3.8, 4) is 11.1 Å². The topological polar surface area (TPSA) is 83.9 Å². The zero-order valence-corrected chi connectivity index (χ0v) is 17.8. The number of nitrogens with one attached hydrogen (secondary N) is 1. The van der Waals surface area contributed by atoms with Crippen molar-refractivity contribution in [2.45, 2.75) is 30.8 Å². The third kappa shape index (κ3) is 3.64. The number of sulfonamides is 1. The van der Waals surface area contributed by atoms with Crippen LogP contribution in [0.25, 0.3) is 22.0 Å². The molecule has 0 saturated carbocycles. The van der Waals surface area contributed by atoms with Crippen LogP contribution in [0.2, 0.25) is 0 Å². The summed E-state index contributed by atoms with van der Waals surface area (Å²) < 4.78 is 42.8. The Hall–Kier alpha value is -3.04. The highest BCUT2D eigenvalue weighted by Crippen LogP contribution is 2.31. The number of aromatic nitrogens is 4. The van der Waals surface area contributed by atoms with Crippen LogP contribution in [0.15, 0.2) is 66.0 Å². The van der Waals surface area contributed by atoms with Gasteiger partial charge in [-0.25, -0.2) is 12.8 Å². The van der Waals surface area contributed by atoms with Crippen molar-refractivity contribution in [2.75, 3.05) is 6.54 Å². The van der Waals surface area contributed by atoms with Gasteiger partial charge in [-0.05, 0) is 61.2 Å². The number of hydrogen-bond acceptors (Lipinski definition) is 4. The SMILES string of the molecule is C[C@@H]1C[C@H](Cn2ncc3cc(-c4cn[nH]c4)ccc32)CN1S(=O)(=O)c1ccc(F)cc1. The minimum atomic E-state index is -3.66. The average molecular weight is 440 g/mol. The minimum absolute atomic E-state index is 0.123. The molecule has 0 aliphatic carbocycles. The van der Waals surface area contributed by atoms with Gasteiger partial charge in [0.25, 0.3) is 0 Å². The van der Waals surface area contributed by atoms with Crippen molar-refractivity contribution in [1.29, 1.82) is 0 Å². The van der Waals surface area contributed by atoms with Crippen molar-refractivity contribution in [2.24, 2.45) is 5.92 Å². The lowest BCUT2D eigenvalue weighted by Crippen LogP contribution is -2.34. The molecule has 7 nitrogen and oxygen atoms in total. The van der Waals surface area contributed by atoms with E-state index in [1.54, 1.807) is 6.20 Å². The number of fused-ring (bicyclic) bond motifs is 1. The standard InChI is InChI=1S/C22H22FN5O2S/c1-15-8-16(14-28(15)31(29,30)21-5-3-20(23)4-6-21)13-27-22-7-2-17(9-18(22)12-26-27)19-10-24-25-11-19/h2-7,9-12,15-16H,8,13-14H2,1H3,(H,24,25)/t15-,16-/m1/s1. The molecule has 3 heterocycles. The molecule has 1 fully saturated rings. The van der Waals surface area contributed by atoms with Crippen LogP contribution in [0.3, 0.4) is 0 Å². The summed E-state index contributed by atoms with van der Waals surface area (Å²) in [6.45, 7) is 2.96. The van der Waals surface area contributed by atoms with E-state index in [-0.39, 0.29) is 16.9 Å². The van der Waals surface area contributed by atoms with Gasteiger partial charge in [0.1, 0.15) is 5.82 Å². The van der Waals surface area contributed by atoms with Crippen molar-refractivity contribution in [1.82, 2.24) is 24.3 Å². The Kier molecular flexibility index (Phi) is 4.86. The molecule has 4 aromatic rings. The van der Waals surface area contributed by atoms with Crippen LogP contribution in [-0.2, 0) is 16.6 Å². The van der Waals surface area contributed by atoms with Crippen LogP contribution in [-0.4, -0.2) is 45.3 Å². The maximum Gasteiger partial charge on any atom is 0.243 e. The number of rotatable bonds is 5. The van der Waals surface area contributed by atoms with Gasteiger partial charge < -0.3 is 0 Å². The largest absolute Gasteiger partial charge is 0.285 e. The van der Waals surface area contributed by atoms with E-state index in [0.717, 1.165) is 28.5 Å². The zero-order chi connectivity index (χ0) is 21.6. The lowest BCUT2D eigenvalue weighted by molar-refractivity contribution is 0.396. The first-order valence-corrected chi connectivity index (χ1v) is 11.6. The normalized spacial score (nSPS) is 19.9. The van der Waals surface area contributed by atoms with Crippen molar-refractivity contribution < 1.29 is 12.8 Å². The van der Waals surface area contributed by atoms with Gasteiger partial charge in [0, 0.05) is 36.3 Å². The highest BCUT2D eigenvalue weighted by atomic mass is 32.2. The van der Waals surface area contributed by atoms with Gasteiger partial charge in [0.05, 0.1) is 22.8 Å². The second-order valence-electron chi connectivity index (χ2n) is 8.07. The molecule has 0 spiro atoms. The molecule has 1 aliphatic heterocycles.